The van der Waals surface area contributed by atoms with Gasteiger partial charge in [0, 0.05) is 19.1 Å². The van der Waals surface area contributed by atoms with Crippen LogP contribution in [0.2, 0.25) is 0 Å². The van der Waals surface area contributed by atoms with Crippen LogP contribution in [0.15, 0.2) is 18.2 Å². The largest absolute Gasteiger partial charge is 0.416 e. The summed E-state index contributed by atoms with van der Waals surface area (Å²) >= 11 is 0. The first-order chi connectivity index (χ1) is 9.20. The molecule has 0 spiro atoms. The quantitative estimate of drug-likeness (QED) is 0.849. The molecule has 1 heterocycles. The second kappa shape index (κ2) is 5.16. The van der Waals surface area contributed by atoms with Gasteiger partial charge in [0.15, 0.2) is 0 Å². The first-order valence-electron chi connectivity index (χ1n) is 6.58. The molecular formula is C14H20F3N3. The number of rotatable bonds is 2. The van der Waals surface area contributed by atoms with Crippen LogP contribution >= 0.6 is 0 Å². The molecule has 2 unspecified atom stereocenters. The minimum absolute atomic E-state index is 0.187. The molecular weight excluding hydrogens is 267 g/mol. The molecule has 0 aromatic heterocycles. The summed E-state index contributed by atoms with van der Waals surface area (Å²) in [6.45, 7) is 3.73. The lowest BCUT2D eigenvalue weighted by molar-refractivity contribution is -0.137. The molecule has 1 aromatic rings. The van der Waals surface area contributed by atoms with E-state index in [1.54, 1.807) is 0 Å². The van der Waals surface area contributed by atoms with Crippen LogP contribution in [0.3, 0.4) is 0 Å². The first kappa shape index (κ1) is 15.0. The van der Waals surface area contributed by atoms with E-state index in [0.717, 1.165) is 25.2 Å². The molecule has 1 aliphatic heterocycles. The third-order valence-electron chi connectivity index (χ3n) is 3.93. The molecule has 1 fully saturated rings. The Balaban J connectivity index is 2.23. The van der Waals surface area contributed by atoms with Crippen molar-refractivity contribution >= 4 is 11.4 Å². The van der Waals surface area contributed by atoms with Crippen molar-refractivity contribution in [2.75, 3.05) is 37.8 Å². The number of alkyl halides is 3. The molecule has 0 amide bonds. The van der Waals surface area contributed by atoms with Crippen molar-refractivity contribution in [3.8, 4) is 0 Å². The second-order valence-electron chi connectivity index (χ2n) is 5.68. The Morgan fingerprint density at radius 3 is 2.35 bits per heavy atom. The van der Waals surface area contributed by atoms with Gasteiger partial charge in [-0.05, 0) is 38.2 Å². The molecule has 0 aliphatic carbocycles. The Bertz CT molecular complexity index is 485. The Kier molecular flexibility index (Phi) is 3.86. The Morgan fingerprint density at radius 2 is 1.90 bits per heavy atom. The number of nitrogen functional groups attached to an aromatic ring is 1. The third kappa shape index (κ3) is 2.85. The van der Waals surface area contributed by atoms with Crippen LogP contribution in [0.25, 0.3) is 0 Å². The van der Waals surface area contributed by atoms with Gasteiger partial charge < -0.3 is 15.5 Å². The van der Waals surface area contributed by atoms with Crippen LogP contribution in [-0.4, -0.2) is 38.1 Å². The minimum atomic E-state index is -4.35. The fourth-order valence-electron chi connectivity index (χ4n) is 2.84. The number of nitrogens with two attached hydrogens (primary N) is 1. The number of nitrogens with zero attached hydrogens (tertiary/aromatic N) is 2. The van der Waals surface area contributed by atoms with Gasteiger partial charge in [0.25, 0.3) is 0 Å². The zero-order valence-corrected chi connectivity index (χ0v) is 11.9. The summed E-state index contributed by atoms with van der Waals surface area (Å²) in [6, 6.07) is 3.97. The summed E-state index contributed by atoms with van der Waals surface area (Å²) in [6.07, 6.45) is -4.35. The predicted molar refractivity (Wildman–Crippen MR) is 74.7 cm³/mol. The Hall–Kier alpha value is -1.43. The van der Waals surface area contributed by atoms with E-state index < -0.39 is 11.7 Å². The van der Waals surface area contributed by atoms with Gasteiger partial charge in [-0.1, -0.05) is 6.92 Å². The first-order valence-corrected chi connectivity index (χ1v) is 6.58. The number of hydrogen-bond donors (Lipinski definition) is 1. The maximum Gasteiger partial charge on any atom is 0.416 e. The lowest BCUT2D eigenvalue weighted by Crippen LogP contribution is -2.34. The molecule has 2 rings (SSSR count). The highest BCUT2D eigenvalue weighted by Crippen LogP contribution is 2.36. The van der Waals surface area contributed by atoms with Crippen molar-refractivity contribution in [3.05, 3.63) is 23.8 Å². The van der Waals surface area contributed by atoms with Crippen LogP contribution < -0.4 is 10.6 Å². The van der Waals surface area contributed by atoms with E-state index in [2.05, 4.69) is 16.7 Å². The van der Waals surface area contributed by atoms with E-state index in [1.165, 1.54) is 6.07 Å². The highest BCUT2D eigenvalue weighted by Gasteiger charge is 2.34. The van der Waals surface area contributed by atoms with E-state index in [1.807, 2.05) is 14.1 Å². The van der Waals surface area contributed by atoms with E-state index in [4.69, 9.17) is 5.73 Å². The van der Waals surface area contributed by atoms with Crippen molar-refractivity contribution in [1.82, 2.24) is 4.90 Å². The maximum atomic E-state index is 12.6. The molecule has 0 bridgehead atoms. The summed E-state index contributed by atoms with van der Waals surface area (Å²) in [5.74, 6) is 0.451. The molecule has 1 aliphatic rings. The average molecular weight is 287 g/mol. The van der Waals surface area contributed by atoms with Gasteiger partial charge in [-0.3, -0.25) is 0 Å². The standard InChI is InChI=1S/C14H20F3N3/c1-9-7-20(8-13(9)19(2)3)12-5-4-10(6-11(12)18)14(15,16)17/h4-6,9,13H,7-8,18H2,1-3H3. The van der Waals surface area contributed by atoms with E-state index in [9.17, 15) is 13.2 Å². The number of likely N-dealkylation sites (N-methyl/N-ethyl adjacent to an activating group) is 1. The van der Waals surface area contributed by atoms with Crippen molar-refractivity contribution in [3.63, 3.8) is 0 Å². The number of anilines is 2. The molecule has 112 valence electrons. The Labute approximate surface area is 117 Å². The molecule has 3 nitrogen and oxygen atoms in total. The summed E-state index contributed by atoms with van der Waals surface area (Å²) in [4.78, 5) is 4.20. The van der Waals surface area contributed by atoms with Crippen molar-refractivity contribution in [1.29, 1.82) is 0 Å². The molecule has 2 atom stereocenters. The molecule has 6 heteroatoms. The van der Waals surface area contributed by atoms with Crippen LogP contribution in [0.4, 0.5) is 24.5 Å². The fourth-order valence-corrected chi connectivity index (χ4v) is 2.84. The monoisotopic (exact) mass is 287 g/mol. The van der Waals surface area contributed by atoms with Crippen molar-refractivity contribution in [2.24, 2.45) is 5.92 Å². The average Bonchev–Trinajstić information content (AvgIpc) is 2.69. The van der Waals surface area contributed by atoms with E-state index in [-0.39, 0.29) is 5.69 Å². The van der Waals surface area contributed by atoms with Crippen molar-refractivity contribution < 1.29 is 13.2 Å². The van der Waals surface area contributed by atoms with Crippen LogP contribution in [0.1, 0.15) is 12.5 Å². The highest BCUT2D eigenvalue weighted by molar-refractivity contribution is 5.69. The summed E-state index contributed by atoms with van der Waals surface area (Å²) < 4.78 is 37.9. The fraction of sp³-hybridized carbons (Fsp3) is 0.571. The number of benzene rings is 1. The van der Waals surface area contributed by atoms with Gasteiger partial charge in [0.1, 0.15) is 0 Å². The van der Waals surface area contributed by atoms with Gasteiger partial charge in [-0.25, -0.2) is 0 Å². The molecule has 0 radical (unpaired) electrons. The zero-order chi connectivity index (χ0) is 15.1. The molecule has 1 saturated heterocycles. The number of halogens is 3. The molecule has 20 heavy (non-hydrogen) atoms. The SMILES string of the molecule is CC1CN(c2ccc(C(F)(F)F)cc2N)CC1N(C)C. The van der Waals surface area contributed by atoms with Gasteiger partial charge in [-0.2, -0.15) is 13.2 Å². The predicted octanol–water partition coefficient (Wildman–Crippen LogP) is 2.67. The summed E-state index contributed by atoms with van der Waals surface area (Å²) in [5, 5.41) is 0. The van der Waals surface area contributed by atoms with E-state index >= 15 is 0 Å². The smallest absolute Gasteiger partial charge is 0.397 e. The molecule has 1 aromatic carbocycles. The lowest BCUT2D eigenvalue weighted by Gasteiger charge is -2.24. The summed E-state index contributed by atoms with van der Waals surface area (Å²) in [5.41, 5.74) is 5.99. The van der Waals surface area contributed by atoms with Crippen LogP contribution in [-0.2, 0) is 6.18 Å². The Morgan fingerprint density at radius 1 is 1.25 bits per heavy atom. The zero-order valence-electron chi connectivity index (χ0n) is 11.9. The van der Waals surface area contributed by atoms with Crippen molar-refractivity contribution in [2.45, 2.75) is 19.1 Å². The third-order valence-corrected chi connectivity index (χ3v) is 3.93. The van der Waals surface area contributed by atoms with Gasteiger partial charge in [-0.15, -0.1) is 0 Å². The number of hydrogen-bond acceptors (Lipinski definition) is 3. The minimum Gasteiger partial charge on any atom is -0.397 e. The topological polar surface area (TPSA) is 32.5 Å². The maximum absolute atomic E-state index is 12.6. The normalized spacial score (nSPS) is 23.6. The second-order valence-corrected chi connectivity index (χ2v) is 5.68. The summed E-state index contributed by atoms with van der Waals surface area (Å²) in [7, 11) is 4.03. The van der Waals surface area contributed by atoms with Gasteiger partial charge >= 0.3 is 6.18 Å². The van der Waals surface area contributed by atoms with E-state index in [0.29, 0.717) is 17.6 Å². The van der Waals surface area contributed by atoms with Gasteiger partial charge in [0.05, 0.1) is 16.9 Å². The lowest BCUT2D eigenvalue weighted by atomic mass is 10.1. The molecule has 2 N–H and O–H groups in total. The van der Waals surface area contributed by atoms with Gasteiger partial charge in [0.2, 0.25) is 0 Å². The molecule has 0 saturated carbocycles. The van der Waals surface area contributed by atoms with Crippen LogP contribution in [0, 0.1) is 5.92 Å². The van der Waals surface area contributed by atoms with Crippen LogP contribution in [0.5, 0.6) is 0 Å². The highest BCUT2D eigenvalue weighted by atomic mass is 19.4.